The molecule has 31 heavy (non-hydrogen) atoms. The van der Waals surface area contributed by atoms with Gasteiger partial charge in [0.15, 0.2) is 11.5 Å². The molecule has 0 aliphatic heterocycles. The maximum absolute atomic E-state index is 13.5. The van der Waals surface area contributed by atoms with Gasteiger partial charge < -0.3 is 14.5 Å². The van der Waals surface area contributed by atoms with Crippen LogP contribution in [0.25, 0.3) is 11.5 Å². The molecule has 0 atom stereocenters. The summed E-state index contributed by atoms with van der Waals surface area (Å²) in [6.07, 6.45) is -8.86. The molecule has 2 aromatic heterocycles. The molecule has 0 amide bonds. The molecule has 13 heteroatoms. The second kappa shape index (κ2) is 8.10. The lowest BCUT2D eigenvalue weighted by Gasteiger charge is -2.15. The highest BCUT2D eigenvalue weighted by Crippen LogP contribution is 2.39. The van der Waals surface area contributed by atoms with Crippen LogP contribution in [0.15, 0.2) is 41.3 Å². The van der Waals surface area contributed by atoms with Crippen LogP contribution in [0.4, 0.5) is 26.3 Å². The topological polar surface area (TPSA) is 77.1 Å². The van der Waals surface area contributed by atoms with Crippen LogP contribution in [0, 0.1) is 0 Å². The minimum atomic E-state index is -5.16. The average molecular weight is 466 g/mol. The fourth-order valence-corrected chi connectivity index (χ4v) is 2.64. The molecule has 1 aromatic carbocycles. The van der Waals surface area contributed by atoms with Gasteiger partial charge in [-0.2, -0.15) is 26.3 Å². The number of H-pyrrole nitrogens is 1. The van der Waals surface area contributed by atoms with E-state index >= 15 is 0 Å². The number of pyridine rings is 1. The summed E-state index contributed by atoms with van der Waals surface area (Å²) in [5, 5.41) is -0.691. The molecule has 2 heterocycles. The molecule has 1 N–H and O–H groups in total. The number of hydrogen-bond acceptors (Lipinski definition) is 5. The molecule has 0 saturated carbocycles. The van der Waals surface area contributed by atoms with Gasteiger partial charge in [-0.3, -0.25) is 4.79 Å². The Labute approximate surface area is 174 Å². The SMILES string of the molecule is COc1ccc(-c2nc(C(F)(F)F)c(Oc3ccc(Cl)c(C(F)(F)F)c3)c(=O)[nH]2)nc1. The smallest absolute Gasteiger partial charge is 0.437 e. The van der Waals surface area contributed by atoms with Crippen molar-refractivity contribution in [3.8, 4) is 28.8 Å². The Kier molecular flexibility index (Phi) is 5.85. The van der Waals surface area contributed by atoms with E-state index in [4.69, 9.17) is 21.1 Å². The second-order valence-corrected chi connectivity index (χ2v) is 6.32. The Hall–Kier alpha value is -3.28. The molecule has 3 rings (SSSR count). The van der Waals surface area contributed by atoms with Gasteiger partial charge in [-0.15, -0.1) is 0 Å². The number of methoxy groups -OCH3 is 1. The lowest BCUT2D eigenvalue weighted by atomic mass is 10.2. The molecule has 0 unspecified atom stereocenters. The van der Waals surface area contributed by atoms with Crippen LogP contribution in [0.1, 0.15) is 11.3 Å². The number of benzene rings is 1. The molecule has 0 aliphatic carbocycles. The van der Waals surface area contributed by atoms with E-state index in [1.807, 2.05) is 0 Å². The van der Waals surface area contributed by atoms with Gasteiger partial charge in [0, 0.05) is 0 Å². The Morgan fingerprint density at radius 1 is 1.00 bits per heavy atom. The predicted octanol–water partition coefficient (Wildman–Crippen LogP) is 5.32. The Morgan fingerprint density at radius 3 is 2.23 bits per heavy atom. The first-order valence-electron chi connectivity index (χ1n) is 8.16. The van der Waals surface area contributed by atoms with Gasteiger partial charge >= 0.3 is 12.4 Å². The van der Waals surface area contributed by atoms with Crippen LogP contribution < -0.4 is 15.0 Å². The quantitative estimate of drug-likeness (QED) is 0.527. The van der Waals surface area contributed by atoms with E-state index < -0.39 is 51.5 Å². The van der Waals surface area contributed by atoms with E-state index in [9.17, 15) is 31.1 Å². The maximum Gasteiger partial charge on any atom is 0.437 e. The molecule has 0 radical (unpaired) electrons. The highest BCUT2D eigenvalue weighted by Gasteiger charge is 2.39. The minimum Gasteiger partial charge on any atom is -0.495 e. The number of alkyl halides is 6. The number of hydrogen-bond donors (Lipinski definition) is 1. The normalized spacial score (nSPS) is 12.0. The summed E-state index contributed by atoms with van der Waals surface area (Å²) < 4.78 is 89.4. The lowest BCUT2D eigenvalue weighted by molar-refractivity contribution is -0.142. The van der Waals surface area contributed by atoms with Crippen molar-refractivity contribution in [1.82, 2.24) is 15.0 Å². The number of halogens is 7. The van der Waals surface area contributed by atoms with Gasteiger partial charge in [0.1, 0.15) is 17.2 Å². The Balaban J connectivity index is 2.10. The van der Waals surface area contributed by atoms with Crippen LogP contribution in [0.3, 0.4) is 0 Å². The van der Waals surface area contributed by atoms with E-state index in [0.29, 0.717) is 11.8 Å². The lowest BCUT2D eigenvalue weighted by Crippen LogP contribution is -2.21. The fourth-order valence-electron chi connectivity index (χ4n) is 2.41. The maximum atomic E-state index is 13.5. The number of nitrogens with one attached hydrogen (secondary N) is 1. The number of aromatic nitrogens is 3. The third kappa shape index (κ3) is 4.90. The van der Waals surface area contributed by atoms with Crippen LogP contribution >= 0.6 is 11.6 Å². The summed E-state index contributed by atoms with van der Waals surface area (Å²) in [6.45, 7) is 0. The van der Waals surface area contributed by atoms with Crippen molar-refractivity contribution in [2.75, 3.05) is 7.11 Å². The Bertz CT molecular complexity index is 1160. The molecular weight excluding hydrogens is 456 g/mol. The summed E-state index contributed by atoms with van der Waals surface area (Å²) >= 11 is 5.48. The van der Waals surface area contributed by atoms with Gasteiger partial charge in [-0.1, -0.05) is 11.6 Å². The Morgan fingerprint density at radius 2 is 1.68 bits per heavy atom. The van der Waals surface area contributed by atoms with E-state index in [2.05, 4.69) is 15.0 Å². The van der Waals surface area contributed by atoms with Gasteiger partial charge in [-0.25, -0.2) is 9.97 Å². The molecule has 3 aromatic rings. The van der Waals surface area contributed by atoms with E-state index in [1.165, 1.54) is 25.4 Å². The highest BCUT2D eigenvalue weighted by atomic mass is 35.5. The molecule has 6 nitrogen and oxygen atoms in total. The zero-order valence-corrected chi connectivity index (χ0v) is 16.0. The summed E-state index contributed by atoms with van der Waals surface area (Å²) in [6, 6.07) is 4.68. The van der Waals surface area contributed by atoms with Gasteiger partial charge in [0.2, 0.25) is 5.75 Å². The largest absolute Gasteiger partial charge is 0.495 e. The third-order valence-corrected chi connectivity index (χ3v) is 4.15. The molecular formula is C18H10ClF6N3O3. The van der Waals surface area contributed by atoms with Crippen molar-refractivity contribution >= 4 is 11.6 Å². The molecule has 164 valence electrons. The summed E-state index contributed by atoms with van der Waals surface area (Å²) in [5.74, 6) is -2.24. The second-order valence-electron chi connectivity index (χ2n) is 5.91. The first kappa shape index (κ1) is 22.4. The summed E-state index contributed by atoms with van der Waals surface area (Å²) in [5.41, 5.74) is -4.57. The molecule has 0 spiro atoms. The number of nitrogens with zero attached hydrogens (tertiary/aromatic N) is 2. The minimum absolute atomic E-state index is 0.110. The number of ether oxygens (including phenoxy) is 2. The molecule has 0 bridgehead atoms. The van der Waals surface area contributed by atoms with Crippen LogP contribution in [-0.4, -0.2) is 22.1 Å². The van der Waals surface area contributed by atoms with Crippen molar-refractivity contribution in [2.45, 2.75) is 12.4 Å². The first-order valence-corrected chi connectivity index (χ1v) is 8.54. The fraction of sp³-hybridized carbons (Fsp3) is 0.167. The standard InChI is InChI=1S/C18H10ClF6N3O3/c1-30-9-3-5-12(26-7-9)15-27-14(18(23,24)25)13(16(29)28-15)31-8-2-4-11(19)10(6-8)17(20,21)22/h2-7H,1H3,(H,27,28,29). The van der Waals surface area contributed by atoms with E-state index in [0.717, 1.165) is 12.1 Å². The van der Waals surface area contributed by atoms with E-state index in [-0.39, 0.29) is 5.69 Å². The van der Waals surface area contributed by atoms with Crippen LogP contribution in [-0.2, 0) is 12.4 Å². The number of rotatable bonds is 4. The van der Waals surface area contributed by atoms with Crippen molar-refractivity contribution in [2.24, 2.45) is 0 Å². The molecule has 0 aliphatic rings. The van der Waals surface area contributed by atoms with Gasteiger partial charge in [-0.05, 0) is 30.3 Å². The van der Waals surface area contributed by atoms with Crippen LogP contribution in [0.5, 0.6) is 17.2 Å². The van der Waals surface area contributed by atoms with E-state index in [1.54, 1.807) is 0 Å². The third-order valence-electron chi connectivity index (χ3n) is 3.82. The van der Waals surface area contributed by atoms with Crippen molar-refractivity contribution < 1.29 is 35.8 Å². The zero-order valence-electron chi connectivity index (χ0n) is 15.2. The first-order chi connectivity index (χ1) is 14.4. The molecule has 0 saturated heterocycles. The monoisotopic (exact) mass is 465 g/mol. The molecule has 0 fully saturated rings. The van der Waals surface area contributed by atoms with Crippen molar-refractivity contribution in [3.05, 3.63) is 63.2 Å². The zero-order chi connectivity index (χ0) is 23.0. The number of aromatic amines is 1. The van der Waals surface area contributed by atoms with Gasteiger partial charge in [0.05, 0.1) is 23.9 Å². The van der Waals surface area contributed by atoms with Crippen LogP contribution in [0.2, 0.25) is 5.02 Å². The highest BCUT2D eigenvalue weighted by molar-refractivity contribution is 6.31. The summed E-state index contributed by atoms with van der Waals surface area (Å²) in [7, 11) is 1.35. The summed E-state index contributed by atoms with van der Waals surface area (Å²) in [4.78, 5) is 21.6. The van der Waals surface area contributed by atoms with Gasteiger partial charge in [0.25, 0.3) is 5.56 Å². The van der Waals surface area contributed by atoms with Crippen molar-refractivity contribution in [1.29, 1.82) is 0 Å². The predicted molar refractivity (Wildman–Crippen MR) is 96.2 cm³/mol. The van der Waals surface area contributed by atoms with Crippen molar-refractivity contribution in [3.63, 3.8) is 0 Å². The average Bonchev–Trinajstić information content (AvgIpc) is 2.69.